The first-order chi connectivity index (χ1) is 14.9. The maximum Gasteiger partial charge on any atom is 0.244 e. The molecule has 31 heavy (non-hydrogen) atoms. The Kier molecular flexibility index (Phi) is 5.99. The van der Waals surface area contributed by atoms with E-state index in [1.165, 1.54) is 11.1 Å². The van der Waals surface area contributed by atoms with Gasteiger partial charge in [0.15, 0.2) is 0 Å². The summed E-state index contributed by atoms with van der Waals surface area (Å²) in [6.45, 7) is 6.96. The summed E-state index contributed by atoms with van der Waals surface area (Å²) in [6.07, 6.45) is 2.01. The minimum Gasteiger partial charge on any atom is -0.346 e. The smallest absolute Gasteiger partial charge is 0.244 e. The maximum absolute atomic E-state index is 13.7. The first-order valence-electron chi connectivity index (χ1n) is 10.6. The Hall–Kier alpha value is -2.89. The van der Waals surface area contributed by atoms with Crippen LogP contribution in [0.2, 0.25) is 0 Å². The molecule has 0 atom stereocenters. The van der Waals surface area contributed by atoms with Crippen LogP contribution in [-0.2, 0) is 23.1 Å². The summed E-state index contributed by atoms with van der Waals surface area (Å²) >= 11 is 0. The Bertz CT molecular complexity index is 1280. The summed E-state index contributed by atoms with van der Waals surface area (Å²) in [5.41, 5.74) is 3.39. The van der Waals surface area contributed by atoms with Gasteiger partial charge in [0, 0.05) is 29.9 Å². The zero-order valence-corrected chi connectivity index (χ0v) is 19.0. The van der Waals surface area contributed by atoms with E-state index in [2.05, 4.69) is 35.8 Å². The molecule has 4 nitrogen and oxygen atoms in total. The molecule has 0 aliphatic rings. The van der Waals surface area contributed by atoms with Crippen molar-refractivity contribution < 1.29 is 8.42 Å². The van der Waals surface area contributed by atoms with Gasteiger partial charge < -0.3 is 4.57 Å². The van der Waals surface area contributed by atoms with Crippen LogP contribution in [-0.4, -0.2) is 23.3 Å². The fourth-order valence-corrected chi connectivity index (χ4v) is 5.71. The van der Waals surface area contributed by atoms with Crippen LogP contribution in [0.4, 0.5) is 0 Å². The van der Waals surface area contributed by atoms with E-state index < -0.39 is 10.0 Å². The van der Waals surface area contributed by atoms with Crippen LogP contribution in [0, 0.1) is 6.92 Å². The molecular formula is C26H28N2O2S. The Morgan fingerprint density at radius 3 is 2.32 bits per heavy atom. The van der Waals surface area contributed by atoms with E-state index in [0.717, 1.165) is 16.5 Å². The second kappa shape index (κ2) is 8.69. The molecule has 4 rings (SSSR count). The summed E-state index contributed by atoms with van der Waals surface area (Å²) < 4.78 is 31.2. The molecule has 0 radical (unpaired) electrons. The number of rotatable bonds is 7. The van der Waals surface area contributed by atoms with Gasteiger partial charge in [-0.3, -0.25) is 0 Å². The second-order valence-electron chi connectivity index (χ2n) is 8.23. The van der Waals surface area contributed by atoms with E-state index in [1.807, 2.05) is 68.6 Å². The highest BCUT2D eigenvalue weighted by Gasteiger charge is 2.29. The monoisotopic (exact) mass is 432 g/mol. The van der Waals surface area contributed by atoms with Gasteiger partial charge in [-0.15, -0.1) is 0 Å². The zero-order valence-electron chi connectivity index (χ0n) is 18.2. The van der Waals surface area contributed by atoms with E-state index in [-0.39, 0.29) is 6.04 Å². The fourth-order valence-electron chi connectivity index (χ4n) is 3.89. The molecule has 0 bridgehead atoms. The van der Waals surface area contributed by atoms with Crippen molar-refractivity contribution in [2.45, 2.75) is 44.8 Å². The number of aromatic nitrogens is 1. The van der Waals surface area contributed by atoms with Crippen LogP contribution in [0.25, 0.3) is 10.8 Å². The highest BCUT2D eigenvalue weighted by molar-refractivity contribution is 7.89. The first kappa shape index (κ1) is 21.3. The largest absolute Gasteiger partial charge is 0.346 e. The highest BCUT2D eigenvalue weighted by atomic mass is 32.2. The summed E-state index contributed by atoms with van der Waals surface area (Å²) in [7, 11) is -3.68. The van der Waals surface area contributed by atoms with Crippen LogP contribution >= 0.6 is 0 Å². The highest BCUT2D eigenvalue weighted by Crippen LogP contribution is 2.28. The number of hydrogen-bond donors (Lipinski definition) is 0. The van der Waals surface area contributed by atoms with E-state index in [9.17, 15) is 8.42 Å². The molecule has 0 aliphatic heterocycles. The SMILES string of the molecule is Cc1ccc(Cn2cccc2CN(C(C)C)S(=O)(=O)c2cccc3ccccc23)cc1. The predicted octanol–water partition coefficient (Wildman–Crippen LogP) is 5.60. The third-order valence-corrected chi connectivity index (χ3v) is 7.71. The van der Waals surface area contributed by atoms with Gasteiger partial charge in [-0.2, -0.15) is 4.31 Å². The molecule has 0 spiro atoms. The van der Waals surface area contributed by atoms with Crippen LogP contribution in [0.15, 0.2) is 90.0 Å². The standard InChI is InChI=1S/C26H28N2O2S/c1-20(2)28(31(29,30)26-12-6-9-23-8-4-5-11-25(23)26)19-24-10-7-17-27(24)18-22-15-13-21(3)14-16-22/h4-17,20H,18-19H2,1-3H3. The molecule has 0 amide bonds. The van der Waals surface area contributed by atoms with Crippen molar-refractivity contribution in [3.8, 4) is 0 Å². The lowest BCUT2D eigenvalue weighted by atomic mass is 10.1. The molecule has 0 unspecified atom stereocenters. The third kappa shape index (κ3) is 4.43. The van der Waals surface area contributed by atoms with Crippen molar-refractivity contribution in [3.63, 3.8) is 0 Å². The summed E-state index contributed by atoms with van der Waals surface area (Å²) in [4.78, 5) is 0.357. The lowest BCUT2D eigenvalue weighted by Crippen LogP contribution is -2.37. The second-order valence-corrected chi connectivity index (χ2v) is 10.1. The van der Waals surface area contributed by atoms with Gasteiger partial charge in [0.1, 0.15) is 0 Å². The number of benzene rings is 3. The molecule has 1 aromatic heterocycles. The number of nitrogens with zero attached hydrogens (tertiary/aromatic N) is 2. The Morgan fingerprint density at radius 2 is 1.58 bits per heavy atom. The molecule has 0 aliphatic carbocycles. The van der Waals surface area contributed by atoms with E-state index in [0.29, 0.717) is 18.0 Å². The molecule has 0 fully saturated rings. The maximum atomic E-state index is 13.7. The van der Waals surface area contributed by atoms with Crippen molar-refractivity contribution in [1.82, 2.24) is 8.87 Å². The van der Waals surface area contributed by atoms with E-state index in [1.54, 1.807) is 10.4 Å². The molecule has 160 valence electrons. The van der Waals surface area contributed by atoms with Crippen molar-refractivity contribution in [2.75, 3.05) is 0 Å². The summed E-state index contributed by atoms with van der Waals surface area (Å²) in [5, 5.41) is 1.68. The molecule has 5 heteroatoms. The van der Waals surface area contributed by atoms with Gasteiger partial charge in [0.25, 0.3) is 0 Å². The molecule has 0 saturated heterocycles. The van der Waals surface area contributed by atoms with Crippen molar-refractivity contribution in [1.29, 1.82) is 0 Å². The number of hydrogen-bond acceptors (Lipinski definition) is 2. The van der Waals surface area contributed by atoms with Crippen molar-refractivity contribution in [2.24, 2.45) is 0 Å². The molecule has 0 saturated carbocycles. The van der Waals surface area contributed by atoms with Crippen molar-refractivity contribution >= 4 is 20.8 Å². The predicted molar refractivity (Wildman–Crippen MR) is 127 cm³/mol. The molecule has 4 aromatic rings. The van der Waals surface area contributed by atoms with E-state index >= 15 is 0 Å². The topological polar surface area (TPSA) is 42.3 Å². The van der Waals surface area contributed by atoms with Gasteiger partial charge >= 0.3 is 0 Å². The Balaban J connectivity index is 1.68. The van der Waals surface area contributed by atoms with E-state index in [4.69, 9.17) is 0 Å². The fraction of sp³-hybridized carbons (Fsp3) is 0.231. The molecular weight excluding hydrogens is 404 g/mol. The quantitative estimate of drug-likeness (QED) is 0.382. The number of fused-ring (bicyclic) bond motifs is 1. The van der Waals surface area contributed by atoms with Crippen LogP contribution in [0.1, 0.15) is 30.7 Å². The number of sulfonamides is 1. The van der Waals surface area contributed by atoms with Gasteiger partial charge in [-0.05, 0) is 49.9 Å². The minimum absolute atomic E-state index is 0.174. The lowest BCUT2D eigenvalue weighted by Gasteiger charge is -2.27. The molecule has 1 heterocycles. The third-order valence-electron chi connectivity index (χ3n) is 5.63. The van der Waals surface area contributed by atoms with Crippen LogP contribution < -0.4 is 0 Å². The average Bonchev–Trinajstić information content (AvgIpc) is 3.19. The first-order valence-corrected chi connectivity index (χ1v) is 12.0. The summed E-state index contributed by atoms with van der Waals surface area (Å²) in [5.74, 6) is 0. The van der Waals surface area contributed by atoms with Gasteiger partial charge in [-0.1, -0.05) is 66.2 Å². The Labute approximate surface area is 184 Å². The van der Waals surface area contributed by atoms with Crippen molar-refractivity contribution in [3.05, 3.63) is 102 Å². The molecule has 0 N–H and O–H groups in total. The normalized spacial score (nSPS) is 12.2. The van der Waals surface area contributed by atoms with Gasteiger partial charge in [-0.25, -0.2) is 8.42 Å². The van der Waals surface area contributed by atoms with Crippen LogP contribution in [0.3, 0.4) is 0 Å². The average molecular weight is 433 g/mol. The lowest BCUT2D eigenvalue weighted by molar-refractivity contribution is 0.341. The zero-order chi connectivity index (χ0) is 22.0. The minimum atomic E-state index is -3.68. The van der Waals surface area contributed by atoms with Gasteiger partial charge in [0.2, 0.25) is 10.0 Å². The summed E-state index contributed by atoms with van der Waals surface area (Å²) in [6, 6.07) is 25.3. The van der Waals surface area contributed by atoms with Gasteiger partial charge in [0.05, 0.1) is 11.4 Å². The molecule has 3 aromatic carbocycles. The van der Waals surface area contributed by atoms with Crippen LogP contribution in [0.5, 0.6) is 0 Å². The Morgan fingerprint density at radius 1 is 0.871 bits per heavy atom. The number of aryl methyl sites for hydroxylation is 1.